The Balaban J connectivity index is 2.55. The minimum Gasteiger partial charge on any atom is -0.292 e. The average Bonchev–Trinajstić information content (AvgIpc) is 1.90. The molecular formula is C7H7N. The predicted molar refractivity (Wildman–Crippen MR) is 34.8 cm³/mol. The molecule has 8 heavy (non-hydrogen) atoms. The molecule has 1 unspecified atom stereocenters. The first-order valence-corrected chi connectivity index (χ1v) is 2.56. The van der Waals surface area contributed by atoms with Gasteiger partial charge in [-0.2, -0.15) is 0 Å². The van der Waals surface area contributed by atoms with Gasteiger partial charge in [0, 0.05) is 6.21 Å². The Morgan fingerprint density at radius 1 is 1.75 bits per heavy atom. The van der Waals surface area contributed by atoms with E-state index >= 15 is 0 Å². The van der Waals surface area contributed by atoms with E-state index in [1.54, 1.807) is 6.21 Å². The van der Waals surface area contributed by atoms with Crippen LogP contribution in [-0.2, 0) is 0 Å². The minimum absolute atomic E-state index is 0.236. The zero-order valence-corrected chi connectivity index (χ0v) is 4.54. The Kier molecular flexibility index (Phi) is 1.48. The zero-order valence-electron chi connectivity index (χ0n) is 4.54. The number of aliphatic imine (C=N–C) groups is 1. The van der Waals surface area contributed by atoms with E-state index in [2.05, 4.69) is 10.9 Å². The molecule has 1 atom stereocenters. The van der Waals surface area contributed by atoms with Crippen LogP contribution < -0.4 is 0 Å². The van der Waals surface area contributed by atoms with Crippen LogP contribution in [0.15, 0.2) is 17.1 Å². The summed E-state index contributed by atoms with van der Waals surface area (Å²) in [6, 6.07) is 0. The summed E-state index contributed by atoms with van der Waals surface area (Å²) in [7, 11) is 0. The maximum absolute atomic E-state index is 5.13. The van der Waals surface area contributed by atoms with Gasteiger partial charge in [0.1, 0.15) is 0 Å². The molecule has 0 fully saturated rings. The second-order valence-electron chi connectivity index (χ2n) is 1.67. The zero-order chi connectivity index (χ0) is 5.82. The van der Waals surface area contributed by atoms with Crippen molar-refractivity contribution in [2.45, 2.75) is 0 Å². The molecule has 0 bridgehead atoms. The number of hydrogen-bond acceptors (Lipinski definition) is 1. The van der Waals surface area contributed by atoms with Crippen LogP contribution in [-0.4, -0.2) is 12.8 Å². The smallest absolute Gasteiger partial charge is 0.0579 e. The lowest BCUT2D eigenvalue weighted by Crippen LogP contribution is -2.00. The van der Waals surface area contributed by atoms with E-state index in [9.17, 15) is 0 Å². The third kappa shape index (κ3) is 0.974. The van der Waals surface area contributed by atoms with Gasteiger partial charge in [-0.25, -0.2) is 0 Å². The number of allylic oxidation sites excluding steroid dienone is 1. The Morgan fingerprint density at radius 3 is 3.00 bits per heavy atom. The van der Waals surface area contributed by atoms with E-state index in [-0.39, 0.29) is 5.92 Å². The molecule has 1 aliphatic rings. The molecule has 0 aliphatic carbocycles. The molecule has 0 amide bonds. The third-order valence-electron chi connectivity index (χ3n) is 1.05. The first kappa shape index (κ1) is 5.11. The van der Waals surface area contributed by atoms with Crippen molar-refractivity contribution in [3.05, 3.63) is 12.2 Å². The second-order valence-corrected chi connectivity index (χ2v) is 1.67. The van der Waals surface area contributed by atoms with E-state index in [0.29, 0.717) is 0 Å². The Bertz CT molecular complexity index is 160. The molecule has 0 N–H and O–H groups in total. The third-order valence-corrected chi connectivity index (χ3v) is 1.05. The van der Waals surface area contributed by atoms with Crippen LogP contribution in [0.3, 0.4) is 0 Å². The molecule has 0 saturated carbocycles. The van der Waals surface area contributed by atoms with Crippen LogP contribution in [0.2, 0.25) is 0 Å². The fraction of sp³-hybridized carbons (Fsp3) is 0.286. The number of rotatable bonds is 0. The van der Waals surface area contributed by atoms with Gasteiger partial charge in [-0.05, 0) is 6.08 Å². The highest BCUT2D eigenvalue weighted by Gasteiger charge is 1.97. The average molecular weight is 105 g/mol. The van der Waals surface area contributed by atoms with Crippen molar-refractivity contribution in [3.8, 4) is 12.3 Å². The first-order chi connectivity index (χ1) is 3.93. The molecule has 0 aromatic carbocycles. The molecule has 1 aliphatic heterocycles. The fourth-order valence-electron chi connectivity index (χ4n) is 0.588. The topological polar surface area (TPSA) is 12.4 Å². The number of terminal acetylenes is 1. The summed E-state index contributed by atoms with van der Waals surface area (Å²) in [6.07, 6.45) is 10.8. The monoisotopic (exact) mass is 105 g/mol. The van der Waals surface area contributed by atoms with Gasteiger partial charge in [0.05, 0.1) is 12.5 Å². The molecule has 0 radical (unpaired) electrons. The summed E-state index contributed by atoms with van der Waals surface area (Å²) in [5.41, 5.74) is 0. The van der Waals surface area contributed by atoms with Gasteiger partial charge >= 0.3 is 0 Å². The summed E-state index contributed by atoms with van der Waals surface area (Å²) >= 11 is 0. The molecule has 1 heterocycles. The molecule has 1 rings (SSSR count). The van der Waals surface area contributed by atoms with E-state index in [1.807, 2.05) is 12.2 Å². The summed E-state index contributed by atoms with van der Waals surface area (Å²) in [4.78, 5) is 3.98. The summed E-state index contributed by atoms with van der Waals surface area (Å²) in [5.74, 6) is 2.84. The van der Waals surface area contributed by atoms with E-state index in [0.717, 1.165) is 6.54 Å². The molecule has 0 aromatic rings. The van der Waals surface area contributed by atoms with Crippen molar-refractivity contribution in [1.82, 2.24) is 0 Å². The van der Waals surface area contributed by atoms with Crippen LogP contribution in [0.4, 0.5) is 0 Å². The molecule has 1 heteroatoms. The summed E-state index contributed by atoms with van der Waals surface area (Å²) in [5, 5.41) is 0. The Hall–Kier alpha value is -1.03. The summed E-state index contributed by atoms with van der Waals surface area (Å²) < 4.78 is 0. The van der Waals surface area contributed by atoms with Gasteiger partial charge in [0.25, 0.3) is 0 Å². The lowest BCUT2D eigenvalue weighted by atomic mass is 10.1. The number of nitrogens with zero attached hydrogens (tertiary/aromatic N) is 1. The normalized spacial score (nSPS) is 25.1. The van der Waals surface area contributed by atoms with E-state index in [4.69, 9.17) is 6.42 Å². The minimum atomic E-state index is 0.236. The largest absolute Gasteiger partial charge is 0.292 e. The van der Waals surface area contributed by atoms with Gasteiger partial charge in [0.15, 0.2) is 0 Å². The lowest BCUT2D eigenvalue weighted by molar-refractivity contribution is 0.845. The predicted octanol–water partition coefficient (Wildman–Crippen LogP) is 0.876. The maximum Gasteiger partial charge on any atom is 0.0579 e. The van der Waals surface area contributed by atoms with Crippen LogP contribution in [0.25, 0.3) is 0 Å². The van der Waals surface area contributed by atoms with E-state index in [1.165, 1.54) is 0 Å². The Morgan fingerprint density at radius 2 is 2.62 bits per heavy atom. The Labute approximate surface area is 49.1 Å². The second kappa shape index (κ2) is 2.32. The van der Waals surface area contributed by atoms with Crippen molar-refractivity contribution in [3.63, 3.8) is 0 Å². The molecule has 0 saturated heterocycles. The van der Waals surface area contributed by atoms with Gasteiger partial charge < -0.3 is 0 Å². The molecule has 1 nitrogen and oxygen atoms in total. The van der Waals surface area contributed by atoms with Crippen LogP contribution in [0.5, 0.6) is 0 Å². The van der Waals surface area contributed by atoms with Crippen LogP contribution >= 0.6 is 0 Å². The number of dihydropyridines is 1. The standard InChI is InChI=1S/C7H7N/c1-2-7-4-3-5-8-6-7/h1,3-5,7H,6H2. The number of hydrogen-bond donors (Lipinski definition) is 0. The highest BCUT2D eigenvalue weighted by Crippen LogP contribution is 1.99. The SMILES string of the molecule is C#CC1C=CC=NC1. The van der Waals surface area contributed by atoms with Crippen molar-refractivity contribution in [2.75, 3.05) is 6.54 Å². The van der Waals surface area contributed by atoms with Gasteiger partial charge in [0.2, 0.25) is 0 Å². The highest BCUT2D eigenvalue weighted by molar-refractivity contribution is 5.72. The van der Waals surface area contributed by atoms with E-state index < -0.39 is 0 Å². The van der Waals surface area contributed by atoms with Gasteiger partial charge in [-0.15, -0.1) is 6.42 Å². The van der Waals surface area contributed by atoms with Crippen molar-refractivity contribution in [2.24, 2.45) is 10.9 Å². The quantitative estimate of drug-likeness (QED) is 0.405. The fourth-order valence-corrected chi connectivity index (χ4v) is 0.588. The summed E-state index contributed by atoms with van der Waals surface area (Å²) in [6.45, 7) is 0.757. The first-order valence-electron chi connectivity index (χ1n) is 2.56. The molecule has 0 aromatic heterocycles. The van der Waals surface area contributed by atoms with Crippen molar-refractivity contribution < 1.29 is 0 Å². The molecule has 40 valence electrons. The van der Waals surface area contributed by atoms with Gasteiger partial charge in [-0.1, -0.05) is 12.0 Å². The van der Waals surface area contributed by atoms with Crippen molar-refractivity contribution in [1.29, 1.82) is 0 Å². The van der Waals surface area contributed by atoms with Gasteiger partial charge in [-0.3, -0.25) is 4.99 Å². The highest BCUT2D eigenvalue weighted by atomic mass is 14.7. The van der Waals surface area contributed by atoms with Crippen LogP contribution in [0.1, 0.15) is 0 Å². The van der Waals surface area contributed by atoms with Crippen molar-refractivity contribution >= 4 is 6.21 Å². The molecular weight excluding hydrogens is 98.1 g/mol. The maximum atomic E-state index is 5.13. The molecule has 0 spiro atoms. The van der Waals surface area contributed by atoms with Crippen LogP contribution in [0, 0.1) is 18.3 Å². The lowest BCUT2D eigenvalue weighted by Gasteiger charge is -2.01.